The topological polar surface area (TPSA) is 52.5 Å². The highest BCUT2D eigenvalue weighted by atomic mass is 14.9. The van der Waals surface area contributed by atoms with Crippen molar-refractivity contribution in [1.82, 2.24) is 9.97 Å². The molecule has 3 nitrogen and oxygen atoms in total. The lowest BCUT2D eigenvalue weighted by Gasteiger charge is -1.82. The lowest BCUT2D eigenvalue weighted by molar-refractivity contribution is 1.14. The molecule has 3 heteroatoms. The van der Waals surface area contributed by atoms with Gasteiger partial charge in [0.25, 0.3) is 0 Å². The third-order valence-electron chi connectivity index (χ3n) is 1.22. The molecule has 0 amide bonds. The molecule has 0 atom stereocenters. The largest absolute Gasteiger partial charge is 0.341 e. The van der Waals surface area contributed by atoms with Crippen molar-refractivity contribution in [3.8, 4) is 0 Å². The fourth-order valence-electron chi connectivity index (χ4n) is 0.793. The molecule has 0 aromatic carbocycles. The van der Waals surface area contributed by atoms with Gasteiger partial charge in [0.15, 0.2) is 0 Å². The highest BCUT2D eigenvalue weighted by molar-refractivity contribution is 5.79. The summed E-state index contributed by atoms with van der Waals surface area (Å²) in [5.74, 6) is 0.813. The summed E-state index contributed by atoms with van der Waals surface area (Å²) in [6.45, 7) is 5.41. The molecule has 2 N–H and O–H groups in total. The number of hydrogen-bond acceptors (Lipinski definition) is 2. The summed E-state index contributed by atoms with van der Waals surface area (Å²) >= 11 is 0. The molecule has 1 aromatic heterocycles. The minimum absolute atomic E-state index is 0.715. The second kappa shape index (κ2) is 2.47. The number of rotatable bonds is 2. The van der Waals surface area contributed by atoms with Gasteiger partial charge in [-0.25, -0.2) is 4.98 Å². The van der Waals surface area contributed by atoms with E-state index in [-0.39, 0.29) is 0 Å². The molecule has 0 aliphatic heterocycles. The van der Waals surface area contributed by atoms with Crippen LogP contribution in [0, 0.1) is 12.3 Å². The maximum absolute atomic E-state index is 6.96. The summed E-state index contributed by atoms with van der Waals surface area (Å²) in [7, 11) is 0. The van der Waals surface area contributed by atoms with Crippen molar-refractivity contribution in [2.45, 2.75) is 6.92 Å². The first kappa shape index (κ1) is 6.74. The average molecular weight is 135 g/mol. The molecule has 0 radical (unpaired) electrons. The fraction of sp³-hybridized carbons (Fsp3) is 0.143. The molecule has 1 heterocycles. The fourth-order valence-corrected chi connectivity index (χ4v) is 0.793. The minimum atomic E-state index is 0.715. The van der Waals surface area contributed by atoms with E-state index in [9.17, 15) is 0 Å². The van der Waals surface area contributed by atoms with Crippen molar-refractivity contribution in [2.75, 3.05) is 0 Å². The molecular formula is C7H9N3. The first-order valence-corrected chi connectivity index (χ1v) is 2.97. The Balaban J connectivity index is 3.20. The number of aromatic nitrogens is 2. The smallest absolute Gasteiger partial charge is 0.104 e. The van der Waals surface area contributed by atoms with Crippen LogP contribution < -0.4 is 0 Å². The van der Waals surface area contributed by atoms with E-state index in [0.29, 0.717) is 5.69 Å². The van der Waals surface area contributed by atoms with Gasteiger partial charge < -0.3 is 10.4 Å². The third-order valence-corrected chi connectivity index (χ3v) is 1.22. The molecule has 0 unspecified atom stereocenters. The van der Waals surface area contributed by atoms with Gasteiger partial charge in [-0.15, -0.1) is 0 Å². The molecule has 1 aromatic rings. The van der Waals surface area contributed by atoms with Crippen molar-refractivity contribution < 1.29 is 0 Å². The Morgan fingerprint density at radius 3 is 2.80 bits per heavy atom. The maximum atomic E-state index is 6.96. The Bertz CT molecular complexity index is 234. The highest BCUT2D eigenvalue weighted by Gasteiger charge is 1.99. The van der Waals surface area contributed by atoms with E-state index < -0.39 is 0 Å². The van der Waals surface area contributed by atoms with E-state index in [2.05, 4.69) is 16.5 Å². The van der Waals surface area contributed by atoms with Gasteiger partial charge in [0.1, 0.15) is 5.82 Å². The number of H-pyrrole nitrogens is 1. The zero-order valence-electron chi connectivity index (χ0n) is 5.81. The Morgan fingerprint density at radius 1 is 1.70 bits per heavy atom. The van der Waals surface area contributed by atoms with Crippen molar-refractivity contribution in [3.63, 3.8) is 0 Å². The van der Waals surface area contributed by atoms with Crippen LogP contribution in [0.3, 0.4) is 0 Å². The molecule has 0 saturated carbocycles. The second-order valence-electron chi connectivity index (χ2n) is 1.97. The van der Waals surface area contributed by atoms with Crippen LogP contribution >= 0.6 is 0 Å². The maximum Gasteiger partial charge on any atom is 0.104 e. The number of nitrogens with one attached hydrogen (secondary N) is 2. The summed E-state index contributed by atoms with van der Waals surface area (Å²) in [4.78, 5) is 6.99. The van der Waals surface area contributed by atoms with E-state index >= 15 is 0 Å². The van der Waals surface area contributed by atoms with E-state index in [1.54, 1.807) is 6.08 Å². The lowest BCUT2D eigenvalue weighted by atomic mass is 10.3. The molecule has 1 rings (SSSR count). The van der Waals surface area contributed by atoms with Crippen molar-refractivity contribution in [2.24, 2.45) is 0 Å². The first-order chi connectivity index (χ1) is 4.77. The van der Waals surface area contributed by atoms with E-state index in [4.69, 9.17) is 5.41 Å². The van der Waals surface area contributed by atoms with Crippen LogP contribution in [0.15, 0.2) is 6.58 Å². The standard InChI is InChI=1S/C7H9N3/c1-3-6-7(4-8)10-5(2)9-6/h3-4,8H,1H2,2H3,(H,9,10). The van der Waals surface area contributed by atoms with Gasteiger partial charge >= 0.3 is 0 Å². The van der Waals surface area contributed by atoms with Crippen LogP contribution in [-0.4, -0.2) is 16.2 Å². The summed E-state index contributed by atoms with van der Waals surface area (Å²) in [5, 5.41) is 6.96. The number of aromatic amines is 1. The Morgan fingerprint density at radius 2 is 2.40 bits per heavy atom. The van der Waals surface area contributed by atoms with E-state index in [1.165, 1.54) is 6.21 Å². The van der Waals surface area contributed by atoms with Crippen LogP contribution in [-0.2, 0) is 0 Å². The van der Waals surface area contributed by atoms with Crippen molar-refractivity contribution >= 4 is 12.3 Å². The van der Waals surface area contributed by atoms with E-state index in [0.717, 1.165) is 11.5 Å². The molecule has 0 bridgehead atoms. The van der Waals surface area contributed by atoms with Gasteiger partial charge in [-0.3, -0.25) is 0 Å². The van der Waals surface area contributed by atoms with Crippen LogP contribution in [0.25, 0.3) is 6.08 Å². The molecule has 52 valence electrons. The quantitative estimate of drug-likeness (QED) is 0.591. The molecule has 0 fully saturated rings. The molecule has 0 saturated heterocycles. The van der Waals surface area contributed by atoms with Gasteiger partial charge in [-0.05, 0) is 13.0 Å². The van der Waals surface area contributed by atoms with Crippen molar-refractivity contribution in [3.05, 3.63) is 23.8 Å². The van der Waals surface area contributed by atoms with Crippen LogP contribution in [0.2, 0.25) is 0 Å². The molecular weight excluding hydrogens is 126 g/mol. The summed E-state index contributed by atoms with van der Waals surface area (Å²) in [5.41, 5.74) is 1.46. The average Bonchev–Trinajstić information content (AvgIpc) is 2.30. The minimum Gasteiger partial charge on any atom is -0.341 e. The van der Waals surface area contributed by atoms with Gasteiger partial charge in [0, 0.05) is 6.21 Å². The molecule has 10 heavy (non-hydrogen) atoms. The van der Waals surface area contributed by atoms with Gasteiger partial charge in [-0.2, -0.15) is 0 Å². The zero-order valence-corrected chi connectivity index (χ0v) is 5.81. The number of aryl methyl sites for hydroxylation is 1. The normalized spacial score (nSPS) is 9.30. The number of hydrogen-bond donors (Lipinski definition) is 2. The molecule has 0 aliphatic rings. The van der Waals surface area contributed by atoms with Gasteiger partial charge in [0.05, 0.1) is 11.4 Å². The van der Waals surface area contributed by atoms with E-state index in [1.807, 2.05) is 6.92 Å². The molecule has 0 spiro atoms. The zero-order chi connectivity index (χ0) is 7.56. The predicted molar refractivity (Wildman–Crippen MR) is 41.3 cm³/mol. The van der Waals surface area contributed by atoms with Crippen LogP contribution in [0.5, 0.6) is 0 Å². The summed E-state index contributed by atoms with van der Waals surface area (Å²) in [6, 6.07) is 0. The van der Waals surface area contributed by atoms with Gasteiger partial charge in [-0.1, -0.05) is 6.58 Å². The summed E-state index contributed by atoms with van der Waals surface area (Å²) in [6.07, 6.45) is 2.86. The van der Waals surface area contributed by atoms with Crippen LogP contribution in [0.4, 0.5) is 0 Å². The first-order valence-electron chi connectivity index (χ1n) is 2.97. The molecule has 0 aliphatic carbocycles. The number of nitrogens with zero attached hydrogens (tertiary/aromatic N) is 1. The van der Waals surface area contributed by atoms with Gasteiger partial charge in [0.2, 0.25) is 0 Å². The second-order valence-corrected chi connectivity index (χ2v) is 1.97. The third kappa shape index (κ3) is 0.978. The Hall–Kier alpha value is -1.38. The predicted octanol–water partition coefficient (Wildman–Crippen LogP) is 1.36. The Labute approximate surface area is 59.3 Å². The SMILES string of the molecule is C=Cc1nc(C)[nH]c1C=N. The highest BCUT2D eigenvalue weighted by Crippen LogP contribution is 2.03. The monoisotopic (exact) mass is 135 g/mol. The lowest BCUT2D eigenvalue weighted by Crippen LogP contribution is -1.81. The van der Waals surface area contributed by atoms with Crippen molar-refractivity contribution in [1.29, 1.82) is 5.41 Å². The number of imidazole rings is 1. The summed E-state index contributed by atoms with van der Waals surface area (Å²) < 4.78 is 0. The van der Waals surface area contributed by atoms with Crippen LogP contribution in [0.1, 0.15) is 17.2 Å². The Kier molecular flexibility index (Phi) is 1.67.